The quantitative estimate of drug-likeness (QED) is 0.698. The summed E-state index contributed by atoms with van der Waals surface area (Å²) in [7, 11) is 0. The van der Waals surface area contributed by atoms with Crippen LogP contribution in [-0.4, -0.2) is 52.6 Å². The van der Waals surface area contributed by atoms with Gasteiger partial charge < -0.3 is 25.0 Å². The predicted molar refractivity (Wildman–Crippen MR) is 73.3 cm³/mol. The number of carboxylic acid groups (broad SMARTS) is 2. The van der Waals surface area contributed by atoms with Gasteiger partial charge in [-0.1, -0.05) is 0 Å². The molecule has 0 spiro atoms. The first-order valence-electron chi connectivity index (χ1n) is 7.18. The minimum absolute atomic E-state index is 0.201. The Morgan fingerprint density at radius 2 is 1.77 bits per heavy atom. The van der Waals surface area contributed by atoms with Crippen LogP contribution in [0.5, 0.6) is 0 Å². The molecule has 2 bridgehead atoms. The van der Waals surface area contributed by atoms with Gasteiger partial charge in [-0.25, -0.2) is 4.79 Å². The van der Waals surface area contributed by atoms with E-state index in [2.05, 4.69) is 5.32 Å². The van der Waals surface area contributed by atoms with Crippen molar-refractivity contribution in [3.8, 4) is 0 Å². The van der Waals surface area contributed by atoms with Gasteiger partial charge in [0.2, 0.25) is 0 Å². The van der Waals surface area contributed by atoms with Crippen molar-refractivity contribution in [2.45, 2.75) is 45.0 Å². The van der Waals surface area contributed by atoms with Gasteiger partial charge in [0.1, 0.15) is 5.60 Å². The molecule has 0 aromatic carbocycles. The van der Waals surface area contributed by atoms with Crippen molar-refractivity contribution in [1.82, 2.24) is 5.32 Å². The number of amides is 1. The summed E-state index contributed by atoms with van der Waals surface area (Å²) in [5.41, 5.74) is -0.618. The summed E-state index contributed by atoms with van der Waals surface area (Å²) < 4.78 is 10.6. The summed E-state index contributed by atoms with van der Waals surface area (Å²) >= 11 is 0. The Hall–Kier alpha value is -1.83. The standard InChI is InChI=1S/C14H21NO7/c1-14(2,3)22-13(20)15-5-6-4-7-8(11(16)17)9(12(18)19)10(6)21-7/h6-10H,4-5H2,1-3H3,(H,15,20)(H,16,17)(H,18,19). The number of rotatable bonds is 4. The molecule has 3 N–H and O–H groups in total. The van der Waals surface area contributed by atoms with Crippen molar-refractivity contribution in [3.05, 3.63) is 0 Å². The lowest BCUT2D eigenvalue weighted by atomic mass is 9.74. The zero-order chi connectivity index (χ0) is 16.7. The number of aliphatic carboxylic acids is 2. The van der Waals surface area contributed by atoms with E-state index < -0.39 is 47.7 Å². The molecule has 0 saturated carbocycles. The fourth-order valence-corrected chi connectivity index (χ4v) is 3.18. The number of alkyl carbamates (subject to hydrolysis) is 1. The van der Waals surface area contributed by atoms with Crippen molar-refractivity contribution in [2.24, 2.45) is 17.8 Å². The first-order valence-corrected chi connectivity index (χ1v) is 7.18. The number of hydrogen-bond donors (Lipinski definition) is 3. The van der Waals surface area contributed by atoms with E-state index in [1.807, 2.05) is 0 Å². The van der Waals surface area contributed by atoms with Crippen molar-refractivity contribution in [2.75, 3.05) is 6.54 Å². The second-order valence-electron chi connectivity index (χ2n) is 6.75. The highest BCUT2D eigenvalue weighted by Gasteiger charge is 2.59. The van der Waals surface area contributed by atoms with E-state index in [9.17, 15) is 19.5 Å². The van der Waals surface area contributed by atoms with Crippen LogP contribution in [0.3, 0.4) is 0 Å². The lowest BCUT2D eigenvalue weighted by molar-refractivity contribution is -0.154. The summed E-state index contributed by atoms with van der Waals surface area (Å²) in [4.78, 5) is 34.1. The third kappa shape index (κ3) is 3.32. The third-order valence-electron chi connectivity index (χ3n) is 3.95. The molecule has 22 heavy (non-hydrogen) atoms. The van der Waals surface area contributed by atoms with Crippen molar-refractivity contribution >= 4 is 18.0 Å². The van der Waals surface area contributed by atoms with Crippen LogP contribution in [0.15, 0.2) is 0 Å². The fourth-order valence-electron chi connectivity index (χ4n) is 3.18. The Morgan fingerprint density at radius 3 is 2.27 bits per heavy atom. The minimum Gasteiger partial charge on any atom is -0.481 e. The largest absolute Gasteiger partial charge is 0.481 e. The molecule has 0 aromatic heterocycles. The molecule has 2 fully saturated rings. The molecule has 124 valence electrons. The smallest absolute Gasteiger partial charge is 0.407 e. The molecule has 1 amide bonds. The Kier molecular flexibility index (Phi) is 4.32. The van der Waals surface area contributed by atoms with Gasteiger partial charge >= 0.3 is 18.0 Å². The molecule has 2 heterocycles. The van der Waals surface area contributed by atoms with Crippen molar-refractivity contribution in [1.29, 1.82) is 0 Å². The number of ether oxygens (including phenoxy) is 2. The van der Waals surface area contributed by atoms with Crippen LogP contribution >= 0.6 is 0 Å². The molecular formula is C14H21NO7. The molecule has 5 unspecified atom stereocenters. The Balaban J connectivity index is 1.95. The van der Waals surface area contributed by atoms with E-state index in [0.717, 1.165) is 0 Å². The maximum absolute atomic E-state index is 11.6. The highest BCUT2D eigenvalue weighted by molar-refractivity contribution is 5.82. The van der Waals surface area contributed by atoms with E-state index in [1.54, 1.807) is 20.8 Å². The molecule has 0 aliphatic carbocycles. The van der Waals surface area contributed by atoms with Gasteiger partial charge in [-0.3, -0.25) is 9.59 Å². The first-order chi connectivity index (χ1) is 10.1. The Morgan fingerprint density at radius 1 is 1.18 bits per heavy atom. The zero-order valence-corrected chi connectivity index (χ0v) is 12.7. The van der Waals surface area contributed by atoms with E-state index in [0.29, 0.717) is 6.42 Å². The summed E-state index contributed by atoms with van der Waals surface area (Å²) in [6.45, 7) is 5.42. The molecule has 2 rings (SSSR count). The normalized spacial score (nSPS) is 33.5. The summed E-state index contributed by atoms with van der Waals surface area (Å²) in [6, 6.07) is 0. The summed E-state index contributed by atoms with van der Waals surface area (Å²) in [5, 5.41) is 21.0. The van der Waals surface area contributed by atoms with E-state index in [-0.39, 0.29) is 12.5 Å². The molecule has 8 nitrogen and oxygen atoms in total. The van der Waals surface area contributed by atoms with Crippen LogP contribution in [0, 0.1) is 17.8 Å². The molecule has 8 heteroatoms. The van der Waals surface area contributed by atoms with Crippen LogP contribution < -0.4 is 5.32 Å². The number of hydrogen-bond acceptors (Lipinski definition) is 5. The van der Waals surface area contributed by atoms with Crippen LogP contribution in [0.1, 0.15) is 27.2 Å². The molecule has 2 aliphatic heterocycles. The van der Waals surface area contributed by atoms with Crippen molar-refractivity contribution < 1.29 is 34.1 Å². The molecule has 2 aliphatic rings. The number of nitrogens with one attached hydrogen (secondary N) is 1. The number of fused-ring (bicyclic) bond motifs is 2. The number of carboxylic acids is 2. The molecule has 2 saturated heterocycles. The van der Waals surface area contributed by atoms with Crippen LogP contribution in [-0.2, 0) is 19.1 Å². The molecule has 5 atom stereocenters. The van der Waals surface area contributed by atoms with Gasteiger partial charge in [-0.15, -0.1) is 0 Å². The average Bonchev–Trinajstić information content (AvgIpc) is 2.90. The fraction of sp³-hybridized carbons (Fsp3) is 0.786. The topological polar surface area (TPSA) is 122 Å². The monoisotopic (exact) mass is 315 g/mol. The zero-order valence-electron chi connectivity index (χ0n) is 12.7. The van der Waals surface area contributed by atoms with Crippen molar-refractivity contribution in [3.63, 3.8) is 0 Å². The van der Waals surface area contributed by atoms with E-state index in [4.69, 9.17) is 14.6 Å². The first kappa shape index (κ1) is 16.5. The third-order valence-corrected chi connectivity index (χ3v) is 3.95. The lowest BCUT2D eigenvalue weighted by Gasteiger charge is -2.28. The summed E-state index contributed by atoms with van der Waals surface area (Å²) in [5.74, 6) is -4.67. The second kappa shape index (κ2) is 5.75. The second-order valence-corrected chi connectivity index (χ2v) is 6.75. The lowest BCUT2D eigenvalue weighted by Crippen LogP contribution is -2.45. The van der Waals surface area contributed by atoms with Gasteiger partial charge in [-0.05, 0) is 27.2 Å². The van der Waals surface area contributed by atoms with Gasteiger partial charge in [-0.2, -0.15) is 0 Å². The SMILES string of the molecule is CC(C)(C)OC(=O)NCC1CC2OC1C(C(=O)O)C2C(=O)O. The highest BCUT2D eigenvalue weighted by atomic mass is 16.6. The highest BCUT2D eigenvalue weighted by Crippen LogP contribution is 2.46. The molecule has 0 aromatic rings. The predicted octanol–water partition coefficient (Wildman–Crippen LogP) is 0.700. The average molecular weight is 315 g/mol. The Labute approximate surface area is 127 Å². The van der Waals surface area contributed by atoms with E-state index >= 15 is 0 Å². The van der Waals surface area contributed by atoms with Gasteiger partial charge in [0, 0.05) is 12.5 Å². The van der Waals surface area contributed by atoms with Crippen LogP contribution in [0.25, 0.3) is 0 Å². The number of carbonyl (C=O) groups is 3. The van der Waals surface area contributed by atoms with Gasteiger partial charge in [0.05, 0.1) is 24.0 Å². The van der Waals surface area contributed by atoms with Gasteiger partial charge in [0.15, 0.2) is 0 Å². The number of carbonyl (C=O) groups excluding carboxylic acids is 1. The van der Waals surface area contributed by atoms with E-state index in [1.165, 1.54) is 0 Å². The Bertz CT molecular complexity index is 484. The summed E-state index contributed by atoms with van der Waals surface area (Å²) in [6.07, 6.45) is -1.48. The molecular weight excluding hydrogens is 294 g/mol. The van der Waals surface area contributed by atoms with Gasteiger partial charge in [0.25, 0.3) is 0 Å². The maximum Gasteiger partial charge on any atom is 0.407 e. The van der Waals surface area contributed by atoms with Crippen LogP contribution in [0.4, 0.5) is 4.79 Å². The maximum atomic E-state index is 11.6. The molecule has 0 radical (unpaired) electrons. The van der Waals surface area contributed by atoms with Crippen LogP contribution in [0.2, 0.25) is 0 Å². The minimum atomic E-state index is -1.18.